The van der Waals surface area contributed by atoms with Gasteiger partial charge in [-0.15, -0.1) is 0 Å². The third-order valence-electron chi connectivity index (χ3n) is 5.16. The fraction of sp³-hybridized carbons (Fsp3) is 0.824. The lowest BCUT2D eigenvalue weighted by Crippen LogP contribution is -2.35. The lowest BCUT2D eigenvalue weighted by molar-refractivity contribution is -0.210. The van der Waals surface area contributed by atoms with Crippen molar-refractivity contribution in [1.82, 2.24) is 0 Å². The Balaban J connectivity index is 1.79. The summed E-state index contributed by atoms with van der Waals surface area (Å²) in [7, 11) is 3.42. The van der Waals surface area contributed by atoms with Gasteiger partial charge in [0.1, 0.15) is 5.60 Å². The minimum absolute atomic E-state index is 0.0290. The van der Waals surface area contributed by atoms with Crippen LogP contribution in [0.1, 0.15) is 64.7 Å². The number of cyclic esters (lactones) is 1. The fourth-order valence-electron chi connectivity index (χ4n) is 3.45. The lowest BCUT2D eigenvalue weighted by atomic mass is 9.87. The Hall–Kier alpha value is -0.870. The van der Waals surface area contributed by atoms with E-state index in [4.69, 9.17) is 14.2 Å². The molecule has 1 heterocycles. The molecule has 1 saturated heterocycles. The molecule has 0 radical (unpaired) electrons. The zero-order chi connectivity index (χ0) is 15.3. The summed E-state index contributed by atoms with van der Waals surface area (Å²) in [6.07, 6.45) is 10.6. The highest BCUT2D eigenvalue weighted by Gasteiger charge is 2.38. The predicted molar refractivity (Wildman–Crippen MR) is 80.9 cm³/mol. The maximum absolute atomic E-state index is 11.4. The van der Waals surface area contributed by atoms with Crippen LogP contribution >= 0.6 is 0 Å². The quantitative estimate of drug-likeness (QED) is 0.408. The summed E-state index contributed by atoms with van der Waals surface area (Å²) in [4.78, 5) is 11.4. The molecule has 4 nitrogen and oxygen atoms in total. The topological polar surface area (TPSA) is 44.8 Å². The molecule has 1 fully saturated rings. The lowest BCUT2D eigenvalue weighted by Gasteiger charge is -2.34. The predicted octanol–water partition coefficient (Wildman–Crippen LogP) is 3.74. The van der Waals surface area contributed by atoms with Gasteiger partial charge in [-0.2, -0.15) is 0 Å². The van der Waals surface area contributed by atoms with Gasteiger partial charge in [-0.3, -0.25) is 4.79 Å². The molecule has 4 heteroatoms. The largest absolute Gasteiger partial charge is 0.459 e. The van der Waals surface area contributed by atoms with Gasteiger partial charge in [0.05, 0.1) is 0 Å². The van der Waals surface area contributed by atoms with Crippen LogP contribution in [-0.2, 0) is 19.0 Å². The zero-order valence-electron chi connectivity index (χ0n) is 13.6. The Morgan fingerprint density at radius 1 is 1.24 bits per heavy atom. The van der Waals surface area contributed by atoms with Crippen LogP contribution in [0.25, 0.3) is 0 Å². The number of methoxy groups -OCH3 is 2. The normalized spacial score (nSPS) is 28.3. The number of esters is 1. The molecule has 2 aliphatic rings. The van der Waals surface area contributed by atoms with Crippen molar-refractivity contribution in [1.29, 1.82) is 0 Å². The van der Waals surface area contributed by atoms with Crippen molar-refractivity contribution in [2.45, 2.75) is 76.1 Å². The fourth-order valence-corrected chi connectivity index (χ4v) is 3.45. The van der Waals surface area contributed by atoms with Crippen molar-refractivity contribution in [3.63, 3.8) is 0 Å². The molecule has 0 N–H and O–H groups in total. The highest BCUT2D eigenvalue weighted by atomic mass is 16.7. The number of carbonyl (C=O) groups is 1. The smallest absolute Gasteiger partial charge is 0.306 e. The maximum Gasteiger partial charge on any atom is 0.306 e. The van der Waals surface area contributed by atoms with E-state index in [2.05, 4.69) is 13.0 Å². The Morgan fingerprint density at radius 2 is 2.00 bits per heavy atom. The van der Waals surface area contributed by atoms with Gasteiger partial charge in [0.25, 0.3) is 0 Å². The van der Waals surface area contributed by atoms with Crippen molar-refractivity contribution < 1.29 is 19.0 Å². The summed E-state index contributed by atoms with van der Waals surface area (Å²) in [5, 5.41) is 0. The van der Waals surface area contributed by atoms with Crippen LogP contribution in [0.4, 0.5) is 0 Å². The molecule has 1 atom stereocenters. The van der Waals surface area contributed by atoms with Crippen molar-refractivity contribution in [2.75, 3.05) is 14.2 Å². The molecule has 0 saturated carbocycles. The molecule has 120 valence electrons. The van der Waals surface area contributed by atoms with Gasteiger partial charge in [0, 0.05) is 33.5 Å². The van der Waals surface area contributed by atoms with Crippen LogP contribution in [0.15, 0.2) is 11.6 Å². The second-order valence-electron chi connectivity index (χ2n) is 6.25. The van der Waals surface area contributed by atoms with Crippen LogP contribution in [0, 0.1) is 0 Å². The van der Waals surface area contributed by atoms with Gasteiger partial charge in [0.15, 0.2) is 5.79 Å². The average molecular weight is 296 g/mol. The molecule has 0 bridgehead atoms. The van der Waals surface area contributed by atoms with E-state index < -0.39 is 5.79 Å². The maximum atomic E-state index is 11.4. The molecule has 0 aromatic carbocycles. The first-order chi connectivity index (χ1) is 10.1. The second kappa shape index (κ2) is 6.93. The summed E-state index contributed by atoms with van der Waals surface area (Å²) in [6, 6.07) is 0. The van der Waals surface area contributed by atoms with Crippen LogP contribution in [0.2, 0.25) is 0 Å². The van der Waals surface area contributed by atoms with Gasteiger partial charge in [-0.05, 0) is 38.5 Å². The molecule has 1 aliphatic carbocycles. The van der Waals surface area contributed by atoms with E-state index in [1.165, 1.54) is 5.57 Å². The van der Waals surface area contributed by atoms with E-state index >= 15 is 0 Å². The molecule has 21 heavy (non-hydrogen) atoms. The third kappa shape index (κ3) is 3.86. The SMILES string of the molecule is CCC1(CCCC2=CCC(OC)(OC)CC2)CCC(=O)O1. The Kier molecular flexibility index (Phi) is 5.44. The van der Waals surface area contributed by atoms with Gasteiger partial charge in [-0.25, -0.2) is 0 Å². The first-order valence-corrected chi connectivity index (χ1v) is 8.07. The van der Waals surface area contributed by atoms with Crippen LogP contribution in [-0.4, -0.2) is 31.6 Å². The van der Waals surface area contributed by atoms with Gasteiger partial charge in [0.2, 0.25) is 0 Å². The molecule has 1 unspecified atom stereocenters. The van der Waals surface area contributed by atoms with E-state index in [-0.39, 0.29) is 11.6 Å². The number of allylic oxidation sites excluding steroid dienone is 1. The Labute approximate surface area is 127 Å². The van der Waals surface area contributed by atoms with E-state index in [0.717, 1.165) is 51.4 Å². The number of rotatable bonds is 7. The molecular formula is C17H28O4. The first-order valence-electron chi connectivity index (χ1n) is 8.07. The van der Waals surface area contributed by atoms with E-state index in [1.54, 1.807) is 14.2 Å². The molecule has 2 rings (SSSR count). The van der Waals surface area contributed by atoms with E-state index in [9.17, 15) is 4.79 Å². The molecular weight excluding hydrogens is 268 g/mol. The minimum atomic E-state index is -0.422. The van der Waals surface area contributed by atoms with E-state index in [1.807, 2.05) is 0 Å². The van der Waals surface area contributed by atoms with Crippen molar-refractivity contribution >= 4 is 5.97 Å². The monoisotopic (exact) mass is 296 g/mol. The molecule has 0 amide bonds. The summed E-state index contributed by atoms with van der Waals surface area (Å²) in [5.74, 6) is -0.450. The van der Waals surface area contributed by atoms with Crippen LogP contribution < -0.4 is 0 Å². The van der Waals surface area contributed by atoms with Crippen LogP contribution in [0.5, 0.6) is 0 Å². The zero-order valence-corrected chi connectivity index (χ0v) is 13.6. The van der Waals surface area contributed by atoms with Gasteiger partial charge >= 0.3 is 5.97 Å². The molecule has 0 aromatic heterocycles. The van der Waals surface area contributed by atoms with Gasteiger partial charge < -0.3 is 14.2 Å². The number of hydrogen-bond acceptors (Lipinski definition) is 4. The highest BCUT2D eigenvalue weighted by molar-refractivity contribution is 5.72. The standard InChI is InChI=1S/C17H28O4/c1-4-16(11-9-15(18)21-16)10-5-6-14-7-12-17(19-2,20-3)13-8-14/h7H,4-6,8-13H2,1-3H3. The molecule has 1 aliphatic heterocycles. The van der Waals surface area contributed by atoms with Crippen molar-refractivity contribution in [3.05, 3.63) is 11.6 Å². The van der Waals surface area contributed by atoms with Gasteiger partial charge in [-0.1, -0.05) is 18.6 Å². The number of carbonyl (C=O) groups excluding carboxylic acids is 1. The second-order valence-corrected chi connectivity index (χ2v) is 6.25. The highest BCUT2D eigenvalue weighted by Crippen LogP contribution is 2.37. The summed E-state index contributed by atoms with van der Waals surface area (Å²) >= 11 is 0. The minimum Gasteiger partial charge on any atom is -0.459 e. The first kappa shape index (κ1) is 16.5. The number of ether oxygens (including phenoxy) is 3. The van der Waals surface area contributed by atoms with Crippen LogP contribution in [0.3, 0.4) is 0 Å². The third-order valence-corrected chi connectivity index (χ3v) is 5.16. The summed E-state index contributed by atoms with van der Waals surface area (Å²) in [5.41, 5.74) is 1.30. The van der Waals surface area contributed by atoms with Crippen molar-refractivity contribution in [3.8, 4) is 0 Å². The summed E-state index contributed by atoms with van der Waals surface area (Å²) in [6.45, 7) is 2.12. The molecule has 0 spiro atoms. The summed E-state index contributed by atoms with van der Waals surface area (Å²) < 4.78 is 16.5. The Morgan fingerprint density at radius 3 is 2.48 bits per heavy atom. The van der Waals surface area contributed by atoms with E-state index in [0.29, 0.717) is 6.42 Å². The average Bonchev–Trinajstić information content (AvgIpc) is 2.90. The van der Waals surface area contributed by atoms with Crippen molar-refractivity contribution in [2.24, 2.45) is 0 Å². The Bertz CT molecular complexity index is 398. The number of hydrogen-bond donors (Lipinski definition) is 0. The molecule has 0 aromatic rings.